The number of nitrogens with two attached hydrogens (primary N) is 1. The third kappa shape index (κ3) is 1.17. The molecule has 4 heteroatoms. The third-order valence-electron chi connectivity index (χ3n) is 1.01. The van der Waals surface area contributed by atoms with E-state index >= 15 is 0 Å². The maximum Gasteiger partial charge on any atom is 0.117 e. The summed E-state index contributed by atoms with van der Waals surface area (Å²) in [5.41, 5.74) is 6.22. The molecule has 1 aromatic heterocycles. The Morgan fingerprint density at radius 2 is 2.44 bits per heavy atom. The molecule has 2 N–H and O–H groups in total. The molecular formula is C5H5ClFNS. The molecule has 1 heterocycles. The lowest BCUT2D eigenvalue weighted by Crippen LogP contribution is -1.86. The second-order valence-electron chi connectivity index (χ2n) is 1.58. The lowest BCUT2D eigenvalue weighted by atomic mass is 10.3. The van der Waals surface area contributed by atoms with Crippen molar-refractivity contribution in [3.05, 3.63) is 15.3 Å². The van der Waals surface area contributed by atoms with Crippen LogP contribution in [0.2, 0.25) is 4.34 Å². The Labute approximate surface area is 61.2 Å². The third-order valence-corrected chi connectivity index (χ3v) is 2.31. The zero-order valence-corrected chi connectivity index (χ0v) is 6.10. The topological polar surface area (TPSA) is 26.0 Å². The summed E-state index contributed by atoms with van der Waals surface area (Å²) in [5, 5.41) is 1.62. The van der Waals surface area contributed by atoms with E-state index < -0.39 is 6.67 Å². The summed E-state index contributed by atoms with van der Waals surface area (Å²) in [6.45, 7) is -0.533. The highest BCUT2D eigenvalue weighted by molar-refractivity contribution is 7.15. The Kier molecular flexibility index (Phi) is 1.93. The molecule has 0 radical (unpaired) electrons. The average Bonchev–Trinajstić information content (AvgIpc) is 2.15. The van der Waals surface area contributed by atoms with E-state index in [-0.39, 0.29) is 0 Å². The molecule has 0 amide bonds. The number of nitrogen functional groups attached to an aromatic ring is 1. The Morgan fingerprint density at radius 1 is 1.78 bits per heavy atom. The van der Waals surface area contributed by atoms with Gasteiger partial charge in [0.15, 0.2) is 0 Å². The van der Waals surface area contributed by atoms with Crippen LogP contribution in [-0.4, -0.2) is 0 Å². The fraction of sp³-hybridized carbons (Fsp3) is 0.200. The summed E-state index contributed by atoms with van der Waals surface area (Å²) >= 11 is 6.79. The number of thiophene rings is 1. The van der Waals surface area contributed by atoms with Gasteiger partial charge >= 0.3 is 0 Å². The SMILES string of the molecule is Nc1c(CF)csc1Cl. The van der Waals surface area contributed by atoms with E-state index in [1.54, 1.807) is 5.38 Å². The normalized spacial score (nSPS) is 10.0. The molecule has 0 aliphatic rings. The highest BCUT2D eigenvalue weighted by atomic mass is 35.5. The van der Waals surface area contributed by atoms with E-state index in [2.05, 4.69) is 0 Å². The van der Waals surface area contributed by atoms with Gasteiger partial charge in [0, 0.05) is 10.9 Å². The summed E-state index contributed by atoms with van der Waals surface area (Å²) in [6, 6.07) is 0. The largest absolute Gasteiger partial charge is 0.397 e. The van der Waals surface area contributed by atoms with E-state index in [0.29, 0.717) is 15.6 Å². The van der Waals surface area contributed by atoms with E-state index in [1.807, 2.05) is 0 Å². The molecule has 0 saturated carbocycles. The first-order valence-electron chi connectivity index (χ1n) is 2.33. The van der Waals surface area contributed by atoms with Gasteiger partial charge in [-0.25, -0.2) is 4.39 Å². The number of rotatable bonds is 1. The Morgan fingerprint density at radius 3 is 2.67 bits per heavy atom. The van der Waals surface area contributed by atoms with Crippen molar-refractivity contribution < 1.29 is 4.39 Å². The zero-order valence-electron chi connectivity index (χ0n) is 4.53. The van der Waals surface area contributed by atoms with Gasteiger partial charge in [0.05, 0.1) is 5.69 Å². The first kappa shape index (κ1) is 6.83. The van der Waals surface area contributed by atoms with Gasteiger partial charge in [0.1, 0.15) is 11.0 Å². The molecule has 1 nitrogen and oxygen atoms in total. The van der Waals surface area contributed by atoms with Crippen molar-refractivity contribution in [2.45, 2.75) is 6.67 Å². The van der Waals surface area contributed by atoms with Crippen molar-refractivity contribution in [2.75, 3.05) is 5.73 Å². The Hall–Kier alpha value is -0.280. The van der Waals surface area contributed by atoms with Crippen molar-refractivity contribution in [1.29, 1.82) is 0 Å². The van der Waals surface area contributed by atoms with Crippen molar-refractivity contribution in [2.24, 2.45) is 0 Å². The quantitative estimate of drug-likeness (QED) is 0.680. The minimum Gasteiger partial charge on any atom is -0.397 e. The van der Waals surface area contributed by atoms with Gasteiger partial charge in [0.2, 0.25) is 0 Å². The number of alkyl halides is 1. The van der Waals surface area contributed by atoms with Crippen LogP contribution in [-0.2, 0) is 6.67 Å². The summed E-state index contributed by atoms with van der Waals surface area (Å²) in [5.74, 6) is 0. The Balaban J connectivity index is 3.04. The Bertz CT molecular complexity index is 211. The van der Waals surface area contributed by atoms with Crippen LogP contribution in [0.1, 0.15) is 5.56 Å². The zero-order chi connectivity index (χ0) is 6.85. The van der Waals surface area contributed by atoms with Crippen LogP contribution in [0.3, 0.4) is 0 Å². The smallest absolute Gasteiger partial charge is 0.117 e. The van der Waals surface area contributed by atoms with Crippen LogP contribution < -0.4 is 5.73 Å². The lowest BCUT2D eigenvalue weighted by Gasteiger charge is -1.88. The molecule has 0 atom stereocenters. The molecule has 0 bridgehead atoms. The van der Waals surface area contributed by atoms with Gasteiger partial charge in [-0.15, -0.1) is 11.3 Å². The molecule has 0 spiro atoms. The molecule has 0 fully saturated rings. The van der Waals surface area contributed by atoms with Crippen molar-refractivity contribution >= 4 is 28.6 Å². The van der Waals surface area contributed by atoms with E-state index in [4.69, 9.17) is 17.3 Å². The van der Waals surface area contributed by atoms with Gasteiger partial charge in [0.25, 0.3) is 0 Å². The number of anilines is 1. The first-order valence-corrected chi connectivity index (χ1v) is 3.58. The van der Waals surface area contributed by atoms with Gasteiger partial charge in [-0.1, -0.05) is 11.6 Å². The van der Waals surface area contributed by atoms with E-state index in [1.165, 1.54) is 11.3 Å². The van der Waals surface area contributed by atoms with Gasteiger partial charge in [-0.3, -0.25) is 0 Å². The monoisotopic (exact) mass is 165 g/mol. The van der Waals surface area contributed by atoms with Crippen LogP contribution in [0.5, 0.6) is 0 Å². The van der Waals surface area contributed by atoms with Crippen LogP contribution in [0, 0.1) is 0 Å². The molecule has 0 saturated heterocycles. The first-order chi connectivity index (χ1) is 4.25. The average molecular weight is 166 g/mol. The summed E-state index contributed by atoms with van der Waals surface area (Å²) in [6.07, 6.45) is 0. The molecule has 0 aliphatic heterocycles. The molecular weight excluding hydrogens is 161 g/mol. The molecule has 0 aromatic carbocycles. The number of hydrogen-bond acceptors (Lipinski definition) is 2. The minimum absolute atomic E-state index is 0.379. The van der Waals surface area contributed by atoms with Gasteiger partial charge < -0.3 is 5.73 Å². The predicted octanol–water partition coefficient (Wildman–Crippen LogP) is 2.45. The molecule has 9 heavy (non-hydrogen) atoms. The molecule has 1 rings (SSSR count). The summed E-state index contributed by atoms with van der Waals surface area (Å²) in [7, 11) is 0. The maximum absolute atomic E-state index is 11.9. The van der Waals surface area contributed by atoms with Crippen molar-refractivity contribution in [3.63, 3.8) is 0 Å². The number of halogens is 2. The fourth-order valence-corrected chi connectivity index (χ4v) is 1.43. The predicted molar refractivity (Wildman–Crippen MR) is 38.6 cm³/mol. The van der Waals surface area contributed by atoms with Crippen LogP contribution in [0.25, 0.3) is 0 Å². The van der Waals surface area contributed by atoms with Crippen LogP contribution in [0.4, 0.5) is 10.1 Å². The highest BCUT2D eigenvalue weighted by Gasteiger charge is 2.03. The standard InChI is InChI=1S/C5H5ClFNS/c6-5-4(8)3(1-7)2-9-5/h2H,1,8H2. The lowest BCUT2D eigenvalue weighted by molar-refractivity contribution is 0.487. The molecule has 0 aliphatic carbocycles. The van der Waals surface area contributed by atoms with Crippen LogP contribution in [0.15, 0.2) is 5.38 Å². The van der Waals surface area contributed by atoms with E-state index in [9.17, 15) is 4.39 Å². The van der Waals surface area contributed by atoms with Crippen molar-refractivity contribution in [3.8, 4) is 0 Å². The van der Waals surface area contributed by atoms with Gasteiger partial charge in [-0.2, -0.15) is 0 Å². The summed E-state index contributed by atoms with van der Waals surface area (Å²) < 4.78 is 12.3. The molecule has 50 valence electrons. The molecule has 1 aromatic rings. The minimum atomic E-state index is -0.533. The maximum atomic E-state index is 11.9. The second-order valence-corrected chi connectivity index (χ2v) is 3.06. The van der Waals surface area contributed by atoms with Gasteiger partial charge in [-0.05, 0) is 0 Å². The van der Waals surface area contributed by atoms with Crippen molar-refractivity contribution in [1.82, 2.24) is 0 Å². The highest BCUT2D eigenvalue weighted by Crippen LogP contribution is 2.30. The summed E-state index contributed by atoms with van der Waals surface area (Å²) in [4.78, 5) is 0. The fourth-order valence-electron chi connectivity index (χ4n) is 0.480. The van der Waals surface area contributed by atoms with E-state index in [0.717, 1.165) is 0 Å². The molecule has 0 unspecified atom stereocenters. The number of hydrogen-bond donors (Lipinski definition) is 1. The second kappa shape index (κ2) is 2.54. The van der Waals surface area contributed by atoms with Crippen LogP contribution >= 0.6 is 22.9 Å².